The Morgan fingerprint density at radius 2 is 2.00 bits per heavy atom. The van der Waals surface area contributed by atoms with Gasteiger partial charge in [-0.15, -0.1) is 11.3 Å². The first kappa shape index (κ1) is 20.8. The van der Waals surface area contributed by atoms with Gasteiger partial charge in [0.2, 0.25) is 5.91 Å². The van der Waals surface area contributed by atoms with Gasteiger partial charge in [0.25, 0.3) is 0 Å². The van der Waals surface area contributed by atoms with E-state index in [1.807, 2.05) is 6.92 Å². The number of carboxylic acids is 1. The highest BCUT2D eigenvalue weighted by Crippen LogP contribution is 2.62. The van der Waals surface area contributed by atoms with E-state index in [4.69, 9.17) is 4.98 Å². The molecule has 2 saturated carbocycles. The van der Waals surface area contributed by atoms with Crippen molar-refractivity contribution in [1.29, 1.82) is 0 Å². The Bertz CT molecular complexity index is 822. The topological polar surface area (TPSA) is 120 Å². The predicted molar refractivity (Wildman–Crippen MR) is 109 cm³/mol. The van der Waals surface area contributed by atoms with E-state index < -0.39 is 17.5 Å². The standard InChI is InChI=1S/C21H30N2O5S/c1-20-7-6-15(25)21(2,10-24)14(20)9-13-17(12(20)8-16(26)27)22-19(29-13)23-18(28)11-4-3-5-11/h11-12,14-15,24-25H,3-10H2,1-2H3,(H,26,27)(H,22,23,28)/t12-,14+,15-,20+,21+/m1/s1. The number of carboxylic acid groups (broad SMARTS) is 1. The summed E-state index contributed by atoms with van der Waals surface area (Å²) in [6.45, 7) is 3.84. The lowest BCUT2D eigenvalue weighted by Gasteiger charge is -2.58. The number of hydrogen-bond acceptors (Lipinski definition) is 6. The fourth-order valence-corrected chi connectivity index (χ4v) is 6.82. The Labute approximate surface area is 174 Å². The summed E-state index contributed by atoms with van der Waals surface area (Å²) in [5, 5.41) is 33.9. The van der Waals surface area contributed by atoms with Gasteiger partial charge < -0.3 is 20.6 Å². The molecule has 0 unspecified atom stereocenters. The molecule has 0 radical (unpaired) electrons. The number of aliphatic hydroxyl groups is 2. The van der Waals surface area contributed by atoms with Crippen LogP contribution in [0.2, 0.25) is 0 Å². The van der Waals surface area contributed by atoms with Gasteiger partial charge >= 0.3 is 5.97 Å². The molecule has 5 atom stereocenters. The van der Waals surface area contributed by atoms with Crippen molar-refractivity contribution >= 4 is 28.3 Å². The van der Waals surface area contributed by atoms with Crippen molar-refractivity contribution in [1.82, 2.24) is 4.98 Å². The number of carbonyl (C=O) groups is 2. The average molecular weight is 423 g/mol. The maximum Gasteiger partial charge on any atom is 0.304 e. The second kappa shape index (κ2) is 7.32. The molecule has 160 valence electrons. The summed E-state index contributed by atoms with van der Waals surface area (Å²) >= 11 is 1.41. The van der Waals surface area contributed by atoms with Gasteiger partial charge in [-0.1, -0.05) is 20.3 Å². The Morgan fingerprint density at radius 3 is 2.59 bits per heavy atom. The molecule has 0 aliphatic heterocycles. The molecule has 4 rings (SSSR count). The smallest absolute Gasteiger partial charge is 0.304 e. The Balaban J connectivity index is 1.71. The fraction of sp³-hybridized carbons (Fsp3) is 0.762. The highest BCUT2D eigenvalue weighted by Gasteiger charge is 2.59. The van der Waals surface area contributed by atoms with E-state index in [0.29, 0.717) is 24.4 Å². The molecule has 0 spiro atoms. The van der Waals surface area contributed by atoms with Crippen LogP contribution in [-0.2, 0) is 16.0 Å². The summed E-state index contributed by atoms with van der Waals surface area (Å²) in [5.74, 6) is -1.20. The Hall–Kier alpha value is -1.51. The maximum absolute atomic E-state index is 12.4. The predicted octanol–water partition coefficient (Wildman–Crippen LogP) is 2.77. The lowest BCUT2D eigenvalue weighted by molar-refractivity contribution is -0.150. The van der Waals surface area contributed by atoms with Crippen LogP contribution < -0.4 is 5.32 Å². The third-order valence-corrected chi connectivity index (χ3v) is 8.99. The van der Waals surface area contributed by atoms with E-state index >= 15 is 0 Å². The Morgan fingerprint density at radius 1 is 1.28 bits per heavy atom. The number of aliphatic carboxylic acids is 1. The molecule has 29 heavy (non-hydrogen) atoms. The molecule has 1 aromatic heterocycles. The molecule has 7 nitrogen and oxygen atoms in total. The van der Waals surface area contributed by atoms with Crippen LogP contribution in [0.3, 0.4) is 0 Å². The van der Waals surface area contributed by atoms with Crippen molar-refractivity contribution in [2.45, 2.75) is 70.8 Å². The normalized spacial score (nSPS) is 36.6. The van der Waals surface area contributed by atoms with Gasteiger partial charge in [0.05, 0.1) is 24.8 Å². The van der Waals surface area contributed by atoms with Crippen molar-refractivity contribution in [2.24, 2.45) is 22.7 Å². The minimum atomic E-state index is -0.882. The lowest BCUT2D eigenvalue weighted by atomic mass is 9.47. The first-order chi connectivity index (χ1) is 13.7. The first-order valence-electron chi connectivity index (χ1n) is 10.5. The summed E-state index contributed by atoms with van der Waals surface area (Å²) in [6.07, 6.45) is 4.08. The number of nitrogens with one attached hydrogen (secondary N) is 1. The van der Waals surface area contributed by atoms with Crippen LogP contribution >= 0.6 is 11.3 Å². The summed E-state index contributed by atoms with van der Waals surface area (Å²) < 4.78 is 0. The number of aromatic nitrogens is 1. The Kier molecular flexibility index (Phi) is 5.24. The molecule has 4 N–H and O–H groups in total. The number of carbonyl (C=O) groups excluding carboxylic acids is 1. The van der Waals surface area contributed by atoms with Crippen molar-refractivity contribution in [3.05, 3.63) is 10.6 Å². The molecule has 0 bridgehead atoms. The van der Waals surface area contributed by atoms with Crippen LogP contribution in [0.5, 0.6) is 0 Å². The summed E-state index contributed by atoms with van der Waals surface area (Å²) in [6, 6.07) is 0. The molecule has 0 saturated heterocycles. The van der Waals surface area contributed by atoms with Crippen LogP contribution in [0.25, 0.3) is 0 Å². The first-order valence-corrected chi connectivity index (χ1v) is 11.3. The monoisotopic (exact) mass is 422 g/mol. The van der Waals surface area contributed by atoms with E-state index in [9.17, 15) is 24.9 Å². The van der Waals surface area contributed by atoms with Gasteiger partial charge in [-0.05, 0) is 43.4 Å². The third kappa shape index (κ3) is 3.29. The van der Waals surface area contributed by atoms with E-state index in [1.165, 1.54) is 11.3 Å². The van der Waals surface area contributed by atoms with Crippen LogP contribution in [0.4, 0.5) is 5.13 Å². The van der Waals surface area contributed by atoms with Gasteiger partial charge in [0.1, 0.15) is 0 Å². The number of amides is 1. The zero-order chi connectivity index (χ0) is 21.0. The van der Waals surface area contributed by atoms with Gasteiger partial charge in [-0.25, -0.2) is 4.98 Å². The van der Waals surface area contributed by atoms with Gasteiger partial charge in [0.15, 0.2) is 5.13 Å². The van der Waals surface area contributed by atoms with Gasteiger partial charge in [-0.2, -0.15) is 0 Å². The molecule has 0 aromatic carbocycles. The quantitative estimate of drug-likeness (QED) is 0.579. The number of aliphatic hydroxyl groups excluding tert-OH is 2. The summed E-state index contributed by atoms with van der Waals surface area (Å²) in [7, 11) is 0. The lowest BCUT2D eigenvalue weighted by Crippen LogP contribution is -2.57. The molecular formula is C21H30N2O5S. The number of anilines is 1. The van der Waals surface area contributed by atoms with Gasteiger partial charge in [0, 0.05) is 22.1 Å². The third-order valence-electron chi connectivity index (χ3n) is 7.98. The van der Waals surface area contributed by atoms with Crippen LogP contribution in [0.15, 0.2) is 0 Å². The fourth-order valence-electron chi connectivity index (χ4n) is 5.75. The van der Waals surface area contributed by atoms with Crippen molar-refractivity contribution in [3.63, 3.8) is 0 Å². The number of hydrogen-bond donors (Lipinski definition) is 4. The summed E-state index contributed by atoms with van der Waals surface area (Å²) in [5.41, 5.74) is -0.302. The number of nitrogens with zero attached hydrogens (tertiary/aromatic N) is 1. The molecule has 1 heterocycles. The average Bonchev–Trinajstić information content (AvgIpc) is 3.00. The summed E-state index contributed by atoms with van der Waals surface area (Å²) in [4.78, 5) is 29.7. The zero-order valence-corrected chi connectivity index (χ0v) is 17.8. The molecule has 2 fully saturated rings. The number of fused-ring (bicyclic) bond motifs is 2. The minimum absolute atomic E-state index is 0.00335. The highest BCUT2D eigenvalue weighted by atomic mass is 32.1. The second-order valence-corrected chi connectivity index (χ2v) is 10.7. The largest absolute Gasteiger partial charge is 0.481 e. The van der Waals surface area contributed by atoms with E-state index in [0.717, 1.165) is 29.8 Å². The zero-order valence-electron chi connectivity index (χ0n) is 17.0. The van der Waals surface area contributed by atoms with Crippen molar-refractivity contribution < 1.29 is 24.9 Å². The van der Waals surface area contributed by atoms with Crippen LogP contribution in [0, 0.1) is 22.7 Å². The molecule has 1 amide bonds. The van der Waals surface area contributed by atoms with Crippen LogP contribution in [0.1, 0.15) is 68.9 Å². The van der Waals surface area contributed by atoms with E-state index in [2.05, 4.69) is 12.2 Å². The molecule has 3 aliphatic carbocycles. The molecular weight excluding hydrogens is 392 g/mol. The van der Waals surface area contributed by atoms with Crippen molar-refractivity contribution in [3.8, 4) is 0 Å². The number of rotatable bonds is 5. The molecule has 3 aliphatic rings. The number of thiazole rings is 1. The highest BCUT2D eigenvalue weighted by molar-refractivity contribution is 7.15. The van der Waals surface area contributed by atoms with E-state index in [-0.39, 0.29) is 42.1 Å². The van der Waals surface area contributed by atoms with E-state index in [1.54, 1.807) is 0 Å². The molecule has 8 heteroatoms. The van der Waals surface area contributed by atoms with Crippen molar-refractivity contribution in [2.75, 3.05) is 11.9 Å². The minimum Gasteiger partial charge on any atom is -0.481 e. The van der Waals surface area contributed by atoms with Crippen LogP contribution in [-0.4, -0.2) is 44.9 Å². The maximum atomic E-state index is 12.4. The SMILES string of the molecule is C[C@]1(CO)[C@H]2Cc3sc(NC(=O)C4CCC4)nc3[C@@H](CC(=O)O)[C@]2(C)CC[C@H]1O. The second-order valence-electron chi connectivity index (χ2n) is 9.58. The molecule has 1 aromatic rings. The van der Waals surface area contributed by atoms with Gasteiger partial charge in [-0.3, -0.25) is 9.59 Å².